The molecular formula is C17H24ClN3O2. The number of benzene rings is 1. The minimum Gasteiger partial charge on any atom is -0.355 e. The number of carbonyl (C=O) groups excluding carboxylic acids is 2. The van der Waals surface area contributed by atoms with Crippen molar-refractivity contribution in [3.63, 3.8) is 0 Å². The second-order valence-electron chi connectivity index (χ2n) is 6.11. The zero-order valence-corrected chi connectivity index (χ0v) is 14.4. The molecule has 6 heteroatoms. The molecule has 0 aliphatic carbocycles. The molecule has 2 amide bonds. The van der Waals surface area contributed by atoms with Crippen LogP contribution in [0, 0.1) is 11.8 Å². The normalized spacial score (nSPS) is 19.0. The molecule has 1 aliphatic heterocycles. The van der Waals surface area contributed by atoms with Gasteiger partial charge < -0.3 is 16.0 Å². The molecule has 126 valence electrons. The first-order valence-corrected chi connectivity index (χ1v) is 8.41. The molecule has 2 atom stereocenters. The Bertz CT molecular complexity index is 571. The summed E-state index contributed by atoms with van der Waals surface area (Å²) >= 11 is 5.94. The molecule has 0 aromatic heterocycles. The number of rotatable bonds is 5. The number of halogens is 1. The molecule has 1 aromatic carbocycles. The highest BCUT2D eigenvalue weighted by molar-refractivity contribution is 6.31. The van der Waals surface area contributed by atoms with Gasteiger partial charge in [0.1, 0.15) is 0 Å². The fourth-order valence-corrected chi connectivity index (χ4v) is 3.14. The minimum absolute atomic E-state index is 0.0736. The van der Waals surface area contributed by atoms with Crippen LogP contribution in [-0.4, -0.2) is 32.0 Å². The number of hydrogen-bond donors (Lipinski definition) is 3. The van der Waals surface area contributed by atoms with Gasteiger partial charge in [-0.3, -0.25) is 9.59 Å². The predicted molar refractivity (Wildman–Crippen MR) is 92.8 cm³/mol. The molecule has 1 aliphatic rings. The van der Waals surface area contributed by atoms with Crippen molar-refractivity contribution in [2.24, 2.45) is 11.8 Å². The van der Waals surface area contributed by atoms with Gasteiger partial charge in [0.25, 0.3) is 5.91 Å². The fraction of sp³-hybridized carbons (Fsp3) is 0.529. The van der Waals surface area contributed by atoms with Crippen molar-refractivity contribution in [2.75, 3.05) is 25.5 Å². The largest absolute Gasteiger partial charge is 0.355 e. The van der Waals surface area contributed by atoms with Crippen LogP contribution in [0.1, 0.15) is 36.5 Å². The van der Waals surface area contributed by atoms with E-state index in [9.17, 15) is 9.59 Å². The lowest BCUT2D eigenvalue weighted by molar-refractivity contribution is -0.117. The fourth-order valence-electron chi connectivity index (χ4n) is 2.97. The van der Waals surface area contributed by atoms with Crippen molar-refractivity contribution in [1.82, 2.24) is 10.6 Å². The topological polar surface area (TPSA) is 70.2 Å². The Morgan fingerprint density at radius 3 is 2.87 bits per heavy atom. The minimum atomic E-state index is -0.271. The van der Waals surface area contributed by atoms with Crippen LogP contribution in [0.3, 0.4) is 0 Å². The van der Waals surface area contributed by atoms with Gasteiger partial charge in [0.2, 0.25) is 5.91 Å². The molecular weight excluding hydrogens is 314 g/mol. The molecule has 3 N–H and O–H groups in total. The standard InChI is InChI=1S/C17H24ClN3O2/c1-11(12-4-3-7-20-10-12)8-16(22)21-15-6-5-13(18)9-14(15)17(23)19-2/h5-6,9,11-12,20H,3-4,7-8,10H2,1-2H3,(H,19,23)(H,21,22). The van der Waals surface area contributed by atoms with Gasteiger partial charge in [-0.15, -0.1) is 0 Å². The van der Waals surface area contributed by atoms with Crippen molar-refractivity contribution in [3.8, 4) is 0 Å². The second kappa shape index (κ2) is 8.31. The Morgan fingerprint density at radius 2 is 2.22 bits per heavy atom. The van der Waals surface area contributed by atoms with E-state index in [0.717, 1.165) is 25.9 Å². The molecule has 0 bridgehead atoms. The Hall–Kier alpha value is -1.59. The van der Waals surface area contributed by atoms with Gasteiger partial charge in [-0.05, 0) is 56.0 Å². The molecule has 0 spiro atoms. The van der Waals surface area contributed by atoms with E-state index in [4.69, 9.17) is 11.6 Å². The smallest absolute Gasteiger partial charge is 0.253 e. The van der Waals surface area contributed by atoms with Gasteiger partial charge in [0, 0.05) is 18.5 Å². The lowest BCUT2D eigenvalue weighted by atomic mass is 9.85. The number of piperidine rings is 1. The Kier molecular flexibility index (Phi) is 6.42. The van der Waals surface area contributed by atoms with Crippen molar-refractivity contribution >= 4 is 29.1 Å². The quantitative estimate of drug-likeness (QED) is 0.773. The van der Waals surface area contributed by atoms with Crippen molar-refractivity contribution in [2.45, 2.75) is 26.2 Å². The molecule has 1 fully saturated rings. The molecule has 1 saturated heterocycles. The van der Waals surface area contributed by atoms with E-state index in [2.05, 4.69) is 22.9 Å². The summed E-state index contributed by atoms with van der Waals surface area (Å²) in [4.78, 5) is 24.2. The summed E-state index contributed by atoms with van der Waals surface area (Å²) in [7, 11) is 1.55. The average molecular weight is 338 g/mol. The second-order valence-corrected chi connectivity index (χ2v) is 6.54. The number of nitrogens with one attached hydrogen (secondary N) is 3. The van der Waals surface area contributed by atoms with Crippen LogP contribution in [0.25, 0.3) is 0 Å². The lowest BCUT2D eigenvalue weighted by Crippen LogP contribution is -2.34. The van der Waals surface area contributed by atoms with Crippen LogP contribution in [0.4, 0.5) is 5.69 Å². The van der Waals surface area contributed by atoms with E-state index in [1.807, 2.05) is 0 Å². The van der Waals surface area contributed by atoms with E-state index in [1.54, 1.807) is 25.2 Å². The highest BCUT2D eigenvalue weighted by Gasteiger charge is 2.22. The molecule has 1 heterocycles. The number of amides is 2. The number of anilines is 1. The molecule has 2 rings (SSSR count). The number of hydrogen-bond acceptors (Lipinski definition) is 3. The third-order valence-corrected chi connectivity index (χ3v) is 4.61. The van der Waals surface area contributed by atoms with E-state index in [1.165, 1.54) is 0 Å². The van der Waals surface area contributed by atoms with Crippen LogP contribution >= 0.6 is 11.6 Å². The van der Waals surface area contributed by atoms with Gasteiger partial charge in [0.05, 0.1) is 11.3 Å². The van der Waals surface area contributed by atoms with Crippen LogP contribution in [-0.2, 0) is 4.79 Å². The summed E-state index contributed by atoms with van der Waals surface area (Å²) in [6.45, 7) is 4.15. The first-order chi connectivity index (χ1) is 11.0. The highest BCUT2D eigenvalue weighted by Crippen LogP contribution is 2.24. The molecule has 5 nitrogen and oxygen atoms in total. The van der Waals surface area contributed by atoms with Crippen molar-refractivity contribution < 1.29 is 9.59 Å². The Morgan fingerprint density at radius 1 is 1.43 bits per heavy atom. The summed E-state index contributed by atoms with van der Waals surface area (Å²) in [6.07, 6.45) is 2.77. The summed E-state index contributed by atoms with van der Waals surface area (Å²) in [5.74, 6) is 0.486. The van der Waals surface area contributed by atoms with Gasteiger partial charge in [-0.25, -0.2) is 0 Å². The first-order valence-electron chi connectivity index (χ1n) is 8.03. The maximum Gasteiger partial charge on any atom is 0.253 e. The summed E-state index contributed by atoms with van der Waals surface area (Å²) in [6, 6.07) is 4.89. The van der Waals surface area contributed by atoms with Crippen molar-refractivity contribution in [3.05, 3.63) is 28.8 Å². The maximum absolute atomic E-state index is 12.3. The van der Waals surface area contributed by atoms with Crippen LogP contribution in [0.15, 0.2) is 18.2 Å². The van der Waals surface area contributed by atoms with Crippen LogP contribution in [0.5, 0.6) is 0 Å². The summed E-state index contributed by atoms with van der Waals surface area (Å²) in [5.41, 5.74) is 0.869. The summed E-state index contributed by atoms with van der Waals surface area (Å²) in [5, 5.41) is 9.24. The molecule has 23 heavy (non-hydrogen) atoms. The SMILES string of the molecule is CNC(=O)c1cc(Cl)ccc1NC(=O)CC(C)C1CCCNC1. The zero-order chi connectivity index (χ0) is 16.8. The lowest BCUT2D eigenvalue weighted by Gasteiger charge is -2.28. The molecule has 0 saturated carbocycles. The van der Waals surface area contributed by atoms with E-state index < -0.39 is 0 Å². The Labute approximate surface area is 142 Å². The molecule has 0 radical (unpaired) electrons. The maximum atomic E-state index is 12.3. The average Bonchev–Trinajstić information content (AvgIpc) is 2.56. The van der Waals surface area contributed by atoms with Gasteiger partial charge >= 0.3 is 0 Å². The molecule has 2 unspecified atom stereocenters. The van der Waals surface area contributed by atoms with E-state index in [-0.39, 0.29) is 11.8 Å². The number of carbonyl (C=O) groups is 2. The van der Waals surface area contributed by atoms with E-state index in [0.29, 0.717) is 34.5 Å². The van der Waals surface area contributed by atoms with E-state index >= 15 is 0 Å². The third kappa shape index (κ3) is 4.94. The first kappa shape index (κ1) is 17.8. The van der Waals surface area contributed by atoms with Gasteiger partial charge in [-0.2, -0.15) is 0 Å². The Balaban J connectivity index is 2.00. The van der Waals surface area contributed by atoms with Gasteiger partial charge in [0.15, 0.2) is 0 Å². The third-order valence-electron chi connectivity index (χ3n) is 4.37. The predicted octanol–water partition coefficient (Wildman–Crippen LogP) is 2.66. The molecule has 1 aromatic rings. The zero-order valence-electron chi connectivity index (χ0n) is 13.6. The van der Waals surface area contributed by atoms with Crippen LogP contribution in [0.2, 0.25) is 5.02 Å². The highest BCUT2D eigenvalue weighted by atomic mass is 35.5. The van der Waals surface area contributed by atoms with Crippen molar-refractivity contribution in [1.29, 1.82) is 0 Å². The van der Waals surface area contributed by atoms with Gasteiger partial charge in [-0.1, -0.05) is 18.5 Å². The monoisotopic (exact) mass is 337 g/mol. The summed E-state index contributed by atoms with van der Waals surface area (Å²) < 4.78 is 0. The van der Waals surface area contributed by atoms with Crippen LogP contribution < -0.4 is 16.0 Å².